The molecule has 18 heavy (non-hydrogen) atoms. The lowest BCUT2D eigenvalue weighted by Crippen LogP contribution is -2.38. The smallest absolute Gasteiger partial charge is 0.227 e. The summed E-state index contributed by atoms with van der Waals surface area (Å²) >= 11 is 0. The fraction of sp³-hybridized carbons (Fsp3) is 0.714. The Bertz CT molecular complexity index is 433. The fourth-order valence-electron chi connectivity index (χ4n) is 3.54. The molecule has 3 aliphatic rings. The number of Topliss-reactive ketones (excluding diaryl/α,β-unsaturated/α-hetero) is 1. The van der Waals surface area contributed by atoms with E-state index in [0.717, 1.165) is 50.2 Å². The summed E-state index contributed by atoms with van der Waals surface area (Å²) in [6.45, 7) is 4.72. The van der Waals surface area contributed by atoms with Gasteiger partial charge in [-0.05, 0) is 44.7 Å². The Labute approximate surface area is 107 Å². The van der Waals surface area contributed by atoms with Crippen LogP contribution in [-0.4, -0.2) is 36.2 Å². The van der Waals surface area contributed by atoms with Gasteiger partial charge >= 0.3 is 0 Å². The van der Waals surface area contributed by atoms with Crippen LogP contribution in [0.1, 0.15) is 39.0 Å². The van der Waals surface area contributed by atoms with Crippen LogP contribution >= 0.6 is 0 Å². The summed E-state index contributed by atoms with van der Waals surface area (Å²) < 4.78 is 0. The summed E-state index contributed by atoms with van der Waals surface area (Å²) in [5, 5.41) is 3.36. The highest BCUT2D eigenvalue weighted by Crippen LogP contribution is 2.42. The third-order valence-corrected chi connectivity index (χ3v) is 4.75. The molecular formula is C14H20N2O2. The van der Waals surface area contributed by atoms with Gasteiger partial charge < -0.3 is 10.2 Å². The molecule has 2 aliphatic heterocycles. The van der Waals surface area contributed by atoms with Crippen LogP contribution in [0.25, 0.3) is 0 Å². The molecule has 1 spiro atoms. The van der Waals surface area contributed by atoms with E-state index in [2.05, 4.69) is 5.32 Å². The van der Waals surface area contributed by atoms with Crippen LogP contribution in [0.5, 0.6) is 0 Å². The minimum absolute atomic E-state index is 0.168. The highest BCUT2D eigenvalue weighted by molar-refractivity contribution is 5.99. The van der Waals surface area contributed by atoms with E-state index >= 15 is 0 Å². The number of ketones is 1. The van der Waals surface area contributed by atoms with E-state index in [-0.39, 0.29) is 17.1 Å². The summed E-state index contributed by atoms with van der Waals surface area (Å²) in [5.74, 6) is 0.435. The van der Waals surface area contributed by atoms with Crippen LogP contribution < -0.4 is 5.32 Å². The quantitative estimate of drug-likeness (QED) is 0.759. The van der Waals surface area contributed by atoms with Crippen LogP contribution in [-0.2, 0) is 9.59 Å². The molecule has 0 aromatic rings. The number of amides is 1. The third-order valence-electron chi connectivity index (χ3n) is 4.75. The predicted octanol–water partition coefficient (Wildman–Crippen LogP) is 1.23. The van der Waals surface area contributed by atoms with Gasteiger partial charge in [0, 0.05) is 30.7 Å². The van der Waals surface area contributed by atoms with Gasteiger partial charge in [-0.25, -0.2) is 0 Å². The second-order valence-electron chi connectivity index (χ2n) is 5.90. The lowest BCUT2D eigenvalue weighted by Gasteiger charge is -2.33. The van der Waals surface area contributed by atoms with Gasteiger partial charge in [-0.15, -0.1) is 0 Å². The number of allylic oxidation sites excluding steroid dienone is 2. The van der Waals surface area contributed by atoms with Crippen LogP contribution in [0.3, 0.4) is 0 Å². The average Bonchev–Trinajstić information content (AvgIpc) is 2.83. The van der Waals surface area contributed by atoms with Gasteiger partial charge in [-0.2, -0.15) is 0 Å². The maximum absolute atomic E-state index is 12.2. The van der Waals surface area contributed by atoms with Crippen LogP contribution in [0, 0.1) is 5.41 Å². The highest BCUT2D eigenvalue weighted by atomic mass is 16.2. The number of likely N-dealkylation sites (tertiary alicyclic amines) is 1. The molecule has 4 heteroatoms. The van der Waals surface area contributed by atoms with Gasteiger partial charge in [0.2, 0.25) is 5.91 Å². The number of carbonyl (C=O) groups is 2. The monoisotopic (exact) mass is 248 g/mol. The van der Waals surface area contributed by atoms with Crippen molar-refractivity contribution in [1.29, 1.82) is 0 Å². The van der Waals surface area contributed by atoms with Crippen molar-refractivity contribution in [2.75, 3.05) is 19.6 Å². The summed E-state index contributed by atoms with van der Waals surface area (Å²) in [7, 11) is 0. The first kappa shape index (κ1) is 11.9. The predicted molar refractivity (Wildman–Crippen MR) is 67.8 cm³/mol. The van der Waals surface area contributed by atoms with Gasteiger partial charge in [0.05, 0.1) is 0 Å². The average molecular weight is 248 g/mol. The molecule has 4 nitrogen and oxygen atoms in total. The first-order valence-corrected chi connectivity index (χ1v) is 6.85. The standard InChI is InChI=1S/C14H20N2O2/c1-10-11(2-3-12(10)17)16-9-14(8-13(16)18)4-6-15-7-5-14/h15H,2-9H2,1H3. The number of nitrogens with zero attached hydrogens (tertiary/aromatic N) is 1. The first-order chi connectivity index (χ1) is 8.61. The summed E-state index contributed by atoms with van der Waals surface area (Å²) in [6, 6.07) is 0. The van der Waals surface area contributed by atoms with E-state index in [9.17, 15) is 9.59 Å². The van der Waals surface area contributed by atoms with Gasteiger partial charge in [0.15, 0.2) is 5.78 Å². The highest BCUT2D eigenvalue weighted by Gasteiger charge is 2.45. The molecule has 2 fully saturated rings. The molecule has 0 bridgehead atoms. The number of carbonyl (C=O) groups excluding carboxylic acids is 2. The number of hydrogen-bond acceptors (Lipinski definition) is 3. The van der Waals surface area contributed by atoms with Crippen LogP contribution in [0.2, 0.25) is 0 Å². The normalized spacial score (nSPS) is 27.7. The van der Waals surface area contributed by atoms with Crippen molar-refractivity contribution in [2.45, 2.75) is 39.0 Å². The van der Waals surface area contributed by atoms with Crippen molar-refractivity contribution in [3.63, 3.8) is 0 Å². The topological polar surface area (TPSA) is 49.4 Å². The third kappa shape index (κ3) is 1.79. The molecule has 0 unspecified atom stereocenters. The Morgan fingerprint density at radius 3 is 2.50 bits per heavy atom. The van der Waals surface area contributed by atoms with Crippen molar-refractivity contribution in [2.24, 2.45) is 5.41 Å². The zero-order valence-electron chi connectivity index (χ0n) is 10.9. The second-order valence-corrected chi connectivity index (χ2v) is 5.90. The molecule has 1 N–H and O–H groups in total. The molecule has 1 aliphatic carbocycles. The summed E-state index contributed by atoms with van der Waals surface area (Å²) in [5.41, 5.74) is 1.98. The van der Waals surface area contributed by atoms with Crippen molar-refractivity contribution < 1.29 is 9.59 Å². The maximum atomic E-state index is 12.2. The molecule has 0 saturated carbocycles. The van der Waals surface area contributed by atoms with E-state index in [0.29, 0.717) is 12.8 Å². The molecule has 0 aromatic carbocycles. The van der Waals surface area contributed by atoms with E-state index in [1.165, 1.54) is 0 Å². The van der Waals surface area contributed by atoms with Gasteiger partial charge in [0.1, 0.15) is 0 Å². The Kier molecular flexibility index (Phi) is 2.77. The molecule has 1 amide bonds. The molecule has 3 rings (SSSR count). The van der Waals surface area contributed by atoms with E-state index < -0.39 is 0 Å². The molecule has 0 atom stereocenters. The van der Waals surface area contributed by atoms with Crippen molar-refractivity contribution >= 4 is 11.7 Å². The SMILES string of the molecule is CC1=C(N2CC3(CCNCC3)CC2=O)CCC1=O. The molecule has 98 valence electrons. The molecule has 2 saturated heterocycles. The zero-order valence-corrected chi connectivity index (χ0v) is 10.9. The minimum atomic E-state index is 0.168. The van der Waals surface area contributed by atoms with Crippen LogP contribution in [0.15, 0.2) is 11.3 Å². The largest absolute Gasteiger partial charge is 0.317 e. The number of hydrogen-bond donors (Lipinski definition) is 1. The lowest BCUT2D eigenvalue weighted by molar-refractivity contribution is -0.126. The number of nitrogens with one attached hydrogen (secondary N) is 1. The molecule has 2 heterocycles. The number of rotatable bonds is 1. The molecule has 0 radical (unpaired) electrons. The van der Waals surface area contributed by atoms with E-state index in [1.54, 1.807) is 0 Å². The number of piperidine rings is 1. The fourth-order valence-corrected chi connectivity index (χ4v) is 3.54. The zero-order chi connectivity index (χ0) is 12.8. The van der Waals surface area contributed by atoms with Crippen molar-refractivity contribution in [1.82, 2.24) is 10.2 Å². The van der Waals surface area contributed by atoms with Gasteiger partial charge in [-0.1, -0.05) is 0 Å². The molecule has 0 aromatic heterocycles. The van der Waals surface area contributed by atoms with Gasteiger partial charge in [-0.3, -0.25) is 9.59 Å². The second kappa shape index (κ2) is 4.19. The maximum Gasteiger partial charge on any atom is 0.227 e. The van der Waals surface area contributed by atoms with E-state index in [4.69, 9.17) is 0 Å². The van der Waals surface area contributed by atoms with Gasteiger partial charge in [0.25, 0.3) is 0 Å². The Morgan fingerprint density at radius 1 is 1.17 bits per heavy atom. The molecular weight excluding hydrogens is 228 g/mol. The van der Waals surface area contributed by atoms with Crippen molar-refractivity contribution in [3.8, 4) is 0 Å². The van der Waals surface area contributed by atoms with Crippen LogP contribution in [0.4, 0.5) is 0 Å². The minimum Gasteiger partial charge on any atom is -0.317 e. The Balaban J connectivity index is 1.83. The summed E-state index contributed by atoms with van der Waals surface area (Å²) in [4.78, 5) is 25.8. The Hall–Kier alpha value is -1.16. The van der Waals surface area contributed by atoms with Crippen molar-refractivity contribution in [3.05, 3.63) is 11.3 Å². The Morgan fingerprint density at radius 2 is 1.89 bits per heavy atom. The van der Waals surface area contributed by atoms with E-state index in [1.807, 2.05) is 11.8 Å². The summed E-state index contributed by atoms with van der Waals surface area (Å²) in [6.07, 6.45) is 4.16. The first-order valence-electron chi connectivity index (χ1n) is 6.85. The lowest BCUT2D eigenvalue weighted by atomic mass is 9.78.